The van der Waals surface area contributed by atoms with Crippen LogP contribution in [0.5, 0.6) is 0 Å². The topological polar surface area (TPSA) is 44.4 Å². The molecule has 4 nitrogen and oxygen atoms in total. The Bertz CT molecular complexity index is 516. The van der Waals surface area contributed by atoms with Crippen LogP contribution in [0.1, 0.15) is 37.3 Å². The van der Waals surface area contributed by atoms with Crippen LogP contribution < -0.4 is 10.6 Å². The van der Waals surface area contributed by atoms with Crippen LogP contribution in [-0.4, -0.2) is 43.0 Å². The average Bonchev–Trinajstić information content (AvgIpc) is 3.00. The van der Waals surface area contributed by atoms with Crippen molar-refractivity contribution in [2.24, 2.45) is 0 Å². The highest BCUT2D eigenvalue weighted by atomic mass is 19.1. The highest BCUT2D eigenvalue weighted by Gasteiger charge is 2.26. The van der Waals surface area contributed by atoms with E-state index in [2.05, 4.69) is 15.5 Å². The van der Waals surface area contributed by atoms with Gasteiger partial charge in [-0.25, -0.2) is 4.39 Å². The van der Waals surface area contributed by atoms with Gasteiger partial charge < -0.3 is 10.6 Å². The van der Waals surface area contributed by atoms with E-state index in [1.807, 2.05) is 6.07 Å². The Hall–Kier alpha value is -1.46. The molecule has 5 heteroatoms. The minimum Gasteiger partial charge on any atom is -0.352 e. The molecule has 3 rings (SSSR count). The molecular weight excluding hydrogens is 281 g/mol. The largest absolute Gasteiger partial charge is 0.352 e. The molecule has 1 atom stereocenters. The zero-order valence-corrected chi connectivity index (χ0v) is 12.9. The van der Waals surface area contributed by atoms with Gasteiger partial charge in [-0.15, -0.1) is 0 Å². The molecule has 2 fully saturated rings. The van der Waals surface area contributed by atoms with Crippen LogP contribution in [0.25, 0.3) is 0 Å². The molecule has 120 valence electrons. The molecule has 0 radical (unpaired) electrons. The SMILES string of the molecule is O=C(CN1CCNCC1c1cccc(F)c1)NC1CCCC1. The highest BCUT2D eigenvalue weighted by Crippen LogP contribution is 2.23. The Kier molecular flexibility index (Phi) is 5.05. The van der Waals surface area contributed by atoms with Gasteiger partial charge in [0.1, 0.15) is 5.82 Å². The third kappa shape index (κ3) is 3.84. The number of hydrogen-bond acceptors (Lipinski definition) is 3. The van der Waals surface area contributed by atoms with Crippen LogP contribution in [0.2, 0.25) is 0 Å². The second-order valence-electron chi connectivity index (χ2n) is 6.29. The van der Waals surface area contributed by atoms with Crippen molar-refractivity contribution in [3.05, 3.63) is 35.6 Å². The molecule has 22 heavy (non-hydrogen) atoms. The van der Waals surface area contributed by atoms with E-state index >= 15 is 0 Å². The van der Waals surface area contributed by atoms with Crippen LogP contribution in [0.15, 0.2) is 24.3 Å². The van der Waals surface area contributed by atoms with Gasteiger partial charge >= 0.3 is 0 Å². The van der Waals surface area contributed by atoms with E-state index in [1.165, 1.54) is 18.9 Å². The Morgan fingerprint density at radius 1 is 1.36 bits per heavy atom. The average molecular weight is 305 g/mol. The maximum atomic E-state index is 13.5. The van der Waals surface area contributed by atoms with Crippen LogP contribution in [0, 0.1) is 5.82 Å². The summed E-state index contributed by atoms with van der Waals surface area (Å²) in [5.41, 5.74) is 0.931. The van der Waals surface area contributed by atoms with Gasteiger partial charge in [0.15, 0.2) is 0 Å². The first kappa shape index (κ1) is 15.4. The first-order chi connectivity index (χ1) is 10.7. The Balaban J connectivity index is 1.63. The van der Waals surface area contributed by atoms with Gasteiger partial charge in [0.25, 0.3) is 0 Å². The van der Waals surface area contributed by atoms with Crippen molar-refractivity contribution < 1.29 is 9.18 Å². The standard InChI is InChI=1S/C17H24FN3O/c18-14-5-3-4-13(10-14)16-11-19-8-9-21(16)12-17(22)20-15-6-1-2-7-15/h3-5,10,15-16,19H,1-2,6-9,11-12H2,(H,20,22). The molecular formula is C17H24FN3O. The molecule has 2 N–H and O–H groups in total. The number of rotatable bonds is 4. The monoisotopic (exact) mass is 305 g/mol. The van der Waals surface area contributed by atoms with Gasteiger partial charge in [-0.05, 0) is 30.5 Å². The fourth-order valence-corrected chi connectivity index (χ4v) is 3.51. The molecule has 0 aromatic heterocycles. The number of carbonyl (C=O) groups is 1. The van der Waals surface area contributed by atoms with Crippen LogP contribution in [-0.2, 0) is 4.79 Å². The van der Waals surface area contributed by atoms with Crippen LogP contribution in [0.3, 0.4) is 0 Å². The lowest BCUT2D eigenvalue weighted by Crippen LogP contribution is -2.50. The molecule has 1 aromatic carbocycles. The predicted octanol–water partition coefficient (Wildman–Crippen LogP) is 1.83. The molecule has 1 amide bonds. The predicted molar refractivity (Wildman–Crippen MR) is 84.0 cm³/mol. The zero-order chi connectivity index (χ0) is 15.4. The lowest BCUT2D eigenvalue weighted by Gasteiger charge is -2.36. The van der Waals surface area contributed by atoms with Crippen molar-refractivity contribution in [2.75, 3.05) is 26.2 Å². The number of amides is 1. The second-order valence-corrected chi connectivity index (χ2v) is 6.29. The summed E-state index contributed by atoms with van der Waals surface area (Å²) in [5, 5.41) is 6.47. The fraction of sp³-hybridized carbons (Fsp3) is 0.588. The first-order valence-corrected chi connectivity index (χ1v) is 8.22. The van der Waals surface area contributed by atoms with E-state index in [9.17, 15) is 9.18 Å². The normalized spacial score (nSPS) is 23.6. The lowest BCUT2D eigenvalue weighted by atomic mass is 10.0. The van der Waals surface area contributed by atoms with Crippen molar-refractivity contribution in [2.45, 2.75) is 37.8 Å². The van der Waals surface area contributed by atoms with Gasteiger partial charge in [-0.2, -0.15) is 0 Å². The van der Waals surface area contributed by atoms with E-state index in [1.54, 1.807) is 12.1 Å². The Morgan fingerprint density at radius 3 is 2.95 bits per heavy atom. The first-order valence-electron chi connectivity index (χ1n) is 8.22. The molecule has 2 aliphatic rings. The number of benzene rings is 1. The van der Waals surface area contributed by atoms with Crippen LogP contribution >= 0.6 is 0 Å². The number of piperazine rings is 1. The third-order valence-electron chi connectivity index (χ3n) is 4.65. The van der Waals surface area contributed by atoms with E-state index < -0.39 is 0 Å². The third-order valence-corrected chi connectivity index (χ3v) is 4.65. The smallest absolute Gasteiger partial charge is 0.234 e. The summed E-state index contributed by atoms with van der Waals surface area (Å²) in [6.07, 6.45) is 4.62. The van der Waals surface area contributed by atoms with E-state index in [4.69, 9.17) is 0 Å². The van der Waals surface area contributed by atoms with E-state index in [0.29, 0.717) is 12.6 Å². The number of nitrogens with one attached hydrogen (secondary N) is 2. The van der Waals surface area contributed by atoms with Gasteiger partial charge in [0.05, 0.1) is 6.54 Å². The molecule has 1 aliphatic carbocycles. The Labute approximate surface area is 131 Å². The summed E-state index contributed by atoms with van der Waals surface area (Å²) < 4.78 is 13.5. The minimum atomic E-state index is -0.224. The molecule has 0 spiro atoms. The molecule has 1 saturated heterocycles. The van der Waals surface area contributed by atoms with E-state index in [0.717, 1.165) is 38.0 Å². The maximum absolute atomic E-state index is 13.5. The highest BCUT2D eigenvalue weighted by molar-refractivity contribution is 5.78. The summed E-state index contributed by atoms with van der Waals surface area (Å²) >= 11 is 0. The van der Waals surface area contributed by atoms with Crippen molar-refractivity contribution in [1.29, 1.82) is 0 Å². The van der Waals surface area contributed by atoms with Gasteiger partial charge in [0, 0.05) is 31.7 Å². The van der Waals surface area contributed by atoms with Crippen molar-refractivity contribution >= 4 is 5.91 Å². The maximum Gasteiger partial charge on any atom is 0.234 e. The van der Waals surface area contributed by atoms with Gasteiger partial charge in [-0.3, -0.25) is 9.69 Å². The van der Waals surface area contributed by atoms with Crippen LogP contribution in [0.4, 0.5) is 4.39 Å². The minimum absolute atomic E-state index is 0.0544. The zero-order valence-electron chi connectivity index (χ0n) is 12.9. The summed E-state index contributed by atoms with van der Waals surface area (Å²) in [5.74, 6) is -0.131. The van der Waals surface area contributed by atoms with Gasteiger partial charge in [-0.1, -0.05) is 25.0 Å². The number of nitrogens with zero attached hydrogens (tertiary/aromatic N) is 1. The van der Waals surface area contributed by atoms with Crippen molar-refractivity contribution in [3.63, 3.8) is 0 Å². The van der Waals surface area contributed by atoms with Gasteiger partial charge in [0.2, 0.25) is 5.91 Å². The summed E-state index contributed by atoms with van der Waals surface area (Å²) in [4.78, 5) is 14.4. The molecule has 1 aliphatic heterocycles. The number of hydrogen-bond donors (Lipinski definition) is 2. The molecule has 1 unspecified atom stereocenters. The molecule has 1 saturated carbocycles. The van der Waals surface area contributed by atoms with Crippen molar-refractivity contribution in [3.8, 4) is 0 Å². The molecule has 1 heterocycles. The Morgan fingerprint density at radius 2 is 2.18 bits per heavy atom. The quantitative estimate of drug-likeness (QED) is 0.892. The lowest BCUT2D eigenvalue weighted by molar-refractivity contribution is -0.123. The fourth-order valence-electron chi connectivity index (χ4n) is 3.51. The summed E-state index contributed by atoms with van der Waals surface area (Å²) in [7, 11) is 0. The van der Waals surface area contributed by atoms with Crippen molar-refractivity contribution in [1.82, 2.24) is 15.5 Å². The summed E-state index contributed by atoms with van der Waals surface area (Å²) in [6.45, 7) is 2.81. The second kappa shape index (κ2) is 7.20. The molecule has 0 bridgehead atoms. The number of halogens is 1. The van der Waals surface area contributed by atoms with E-state index in [-0.39, 0.29) is 17.8 Å². The number of carbonyl (C=O) groups excluding carboxylic acids is 1. The summed E-state index contributed by atoms with van der Waals surface area (Å²) in [6, 6.07) is 7.09. The molecule has 1 aromatic rings.